The third kappa shape index (κ3) is 2.95. The zero-order valence-electron chi connectivity index (χ0n) is 14.2. The van der Waals surface area contributed by atoms with Gasteiger partial charge in [-0.2, -0.15) is 0 Å². The molecule has 0 spiro atoms. The average Bonchev–Trinajstić information content (AvgIpc) is 3.30. The first-order valence-electron chi connectivity index (χ1n) is 8.44. The van der Waals surface area contributed by atoms with Crippen molar-refractivity contribution in [3.8, 4) is 0 Å². The van der Waals surface area contributed by atoms with Gasteiger partial charge in [0.1, 0.15) is 0 Å². The van der Waals surface area contributed by atoms with Crippen molar-refractivity contribution in [3.63, 3.8) is 0 Å². The Bertz CT molecular complexity index is 1000. The van der Waals surface area contributed by atoms with Gasteiger partial charge in [-0.25, -0.2) is 0 Å². The van der Waals surface area contributed by atoms with E-state index >= 15 is 0 Å². The van der Waals surface area contributed by atoms with E-state index in [0.29, 0.717) is 16.4 Å². The van der Waals surface area contributed by atoms with Gasteiger partial charge < -0.3 is 15.6 Å². The highest BCUT2D eigenvalue weighted by molar-refractivity contribution is 6.31. The third-order valence-corrected chi connectivity index (χ3v) is 5.04. The summed E-state index contributed by atoms with van der Waals surface area (Å²) in [6, 6.07) is 12.8. The van der Waals surface area contributed by atoms with Crippen LogP contribution in [0.3, 0.4) is 0 Å². The highest BCUT2D eigenvalue weighted by Gasteiger charge is 2.52. The van der Waals surface area contributed by atoms with Gasteiger partial charge in [0.2, 0.25) is 11.8 Å². The van der Waals surface area contributed by atoms with Crippen LogP contribution in [-0.4, -0.2) is 16.8 Å². The number of halogens is 1. The molecule has 1 aromatic heterocycles. The minimum Gasteiger partial charge on any atom is -0.361 e. The van der Waals surface area contributed by atoms with Gasteiger partial charge in [-0.05, 0) is 60.9 Å². The van der Waals surface area contributed by atoms with Gasteiger partial charge in [-0.3, -0.25) is 9.59 Å². The number of nitrogens with one attached hydrogen (secondary N) is 3. The Balaban J connectivity index is 1.57. The number of aromatic nitrogens is 1. The summed E-state index contributed by atoms with van der Waals surface area (Å²) >= 11 is 6.13. The summed E-state index contributed by atoms with van der Waals surface area (Å²) in [5.41, 5.74) is 2.85. The first kappa shape index (κ1) is 16.7. The molecule has 0 unspecified atom stereocenters. The number of amides is 2. The van der Waals surface area contributed by atoms with Crippen molar-refractivity contribution in [1.82, 2.24) is 4.98 Å². The van der Waals surface area contributed by atoms with E-state index in [0.717, 1.165) is 29.3 Å². The third-order valence-electron chi connectivity index (χ3n) is 4.81. The van der Waals surface area contributed by atoms with Crippen LogP contribution in [0.4, 0.5) is 11.4 Å². The molecule has 26 heavy (non-hydrogen) atoms. The van der Waals surface area contributed by atoms with Crippen LogP contribution in [0.15, 0.2) is 48.7 Å². The van der Waals surface area contributed by atoms with E-state index in [-0.39, 0.29) is 11.8 Å². The highest BCUT2D eigenvalue weighted by atomic mass is 35.5. The van der Waals surface area contributed by atoms with E-state index in [4.69, 9.17) is 11.6 Å². The lowest BCUT2D eigenvalue weighted by molar-refractivity contribution is -0.118. The molecule has 1 saturated carbocycles. The minimum absolute atomic E-state index is 0.0225. The lowest BCUT2D eigenvalue weighted by Crippen LogP contribution is -2.27. The van der Waals surface area contributed by atoms with Crippen LogP contribution >= 0.6 is 11.6 Å². The van der Waals surface area contributed by atoms with Crippen LogP contribution in [0.1, 0.15) is 25.3 Å². The van der Waals surface area contributed by atoms with E-state index in [1.165, 1.54) is 6.92 Å². The molecular formula is C20H18ClN3O2. The fraction of sp³-hybridized carbons (Fsp3) is 0.200. The first-order chi connectivity index (χ1) is 12.5. The number of rotatable bonds is 4. The maximum atomic E-state index is 13.0. The molecule has 0 bridgehead atoms. The van der Waals surface area contributed by atoms with Gasteiger partial charge in [-0.15, -0.1) is 0 Å². The van der Waals surface area contributed by atoms with E-state index in [9.17, 15) is 9.59 Å². The summed E-state index contributed by atoms with van der Waals surface area (Å²) < 4.78 is 0. The van der Waals surface area contributed by atoms with E-state index in [1.807, 2.05) is 24.4 Å². The maximum absolute atomic E-state index is 13.0. The smallest absolute Gasteiger partial charge is 0.235 e. The number of benzene rings is 2. The summed E-state index contributed by atoms with van der Waals surface area (Å²) in [6.45, 7) is 1.46. The minimum atomic E-state index is -0.515. The number of H-pyrrole nitrogens is 1. The molecule has 0 saturated heterocycles. The van der Waals surface area contributed by atoms with Crippen LogP contribution in [0.25, 0.3) is 10.9 Å². The number of aromatic amines is 1. The maximum Gasteiger partial charge on any atom is 0.235 e. The Labute approximate surface area is 155 Å². The zero-order chi connectivity index (χ0) is 18.3. The fourth-order valence-corrected chi connectivity index (χ4v) is 3.50. The molecular weight excluding hydrogens is 350 g/mol. The molecule has 1 heterocycles. The van der Waals surface area contributed by atoms with Gasteiger partial charge in [0, 0.05) is 40.4 Å². The van der Waals surface area contributed by atoms with E-state index in [1.54, 1.807) is 24.3 Å². The number of hydrogen-bond acceptors (Lipinski definition) is 2. The van der Waals surface area contributed by atoms with E-state index in [2.05, 4.69) is 15.6 Å². The Kier molecular flexibility index (Phi) is 3.96. The second-order valence-electron chi connectivity index (χ2n) is 6.69. The molecule has 1 aliphatic rings. The molecule has 0 atom stereocenters. The molecule has 3 aromatic rings. The molecule has 1 aliphatic carbocycles. The zero-order valence-corrected chi connectivity index (χ0v) is 15.0. The van der Waals surface area contributed by atoms with Crippen molar-refractivity contribution in [2.75, 3.05) is 10.6 Å². The Hall–Kier alpha value is -2.79. The predicted octanol–water partition coefficient (Wildman–Crippen LogP) is 4.45. The molecule has 2 amide bonds. The Morgan fingerprint density at radius 2 is 1.69 bits per heavy atom. The van der Waals surface area contributed by atoms with Crippen molar-refractivity contribution in [2.24, 2.45) is 0 Å². The predicted molar refractivity (Wildman–Crippen MR) is 104 cm³/mol. The van der Waals surface area contributed by atoms with Gasteiger partial charge in [0.25, 0.3) is 0 Å². The molecule has 0 aliphatic heterocycles. The Morgan fingerprint density at radius 1 is 1.04 bits per heavy atom. The Morgan fingerprint density at radius 3 is 2.31 bits per heavy atom. The van der Waals surface area contributed by atoms with Crippen LogP contribution in [-0.2, 0) is 15.0 Å². The van der Waals surface area contributed by atoms with Crippen molar-refractivity contribution in [2.45, 2.75) is 25.2 Å². The van der Waals surface area contributed by atoms with Gasteiger partial charge in [0.15, 0.2) is 0 Å². The number of carbonyl (C=O) groups excluding carboxylic acids is 2. The number of anilines is 2. The largest absolute Gasteiger partial charge is 0.361 e. The monoisotopic (exact) mass is 367 g/mol. The van der Waals surface area contributed by atoms with Gasteiger partial charge in [-0.1, -0.05) is 11.6 Å². The average molecular weight is 368 g/mol. The summed E-state index contributed by atoms with van der Waals surface area (Å²) in [7, 11) is 0. The summed E-state index contributed by atoms with van der Waals surface area (Å²) in [5, 5.41) is 7.35. The van der Waals surface area contributed by atoms with Crippen LogP contribution in [0, 0.1) is 0 Å². The molecule has 132 valence electrons. The molecule has 4 rings (SSSR count). The quantitative estimate of drug-likeness (QED) is 0.637. The summed E-state index contributed by atoms with van der Waals surface area (Å²) in [5.74, 6) is -0.151. The molecule has 6 heteroatoms. The van der Waals surface area contributed by atoms with Crippen molar-refractivity contribution < 1.29 is 9.59 Å². The summed E-state index contributed by atoms with van der Waals surface area (Å²) in [6.07, 6.45) is 3.53. The molecule has 3 N–H and O–H groups in total. The SMILES string of the molecule is CC(=O)Nc1ccc(NC(=O)C2(c3c[nH]c4ccc(Cl)cc34)CC2)cc1. The highest BCUT2D eigenvalue weighted by Crippen LogP contribution is 2.51. The standard InChI is InChI=1S/C20H18ClN3O2/c1-12(25)23-14-3-5-15(6-4-14)24-19(26)20(8-9-20)17-11-22-18-7-2-13(21)10-16(17)18/h2-7,10-11,22H,8-9H2,1H3,(H,23,25)(H,24,26). The number of carbonyl (C=O) groups is 2. The second kappa shape index (κ2) is 6.18. The molecule has 1 fully saturated rings. The molecule has 5 nitrogen and oxygen atoms in total. The van der Waals surface area contributed by atoms with Crippen molar-refractivity contribution in [3.05, 3.63) is 59.2 Å². The van der Waals surface area contributed by atoms with Crippen LogP contribution in [0.2, 0.25) is 5.02 Å². The number of hydrogen-bond donors (Lipinski definition) is 3. The summed E-state index contributed by atoms with van der Waals surface area (Å²) in [4.78, 5) is 27.3. The second-order valence-corrected chi connectivity index (χ2v) is 7.12. The van der Waals surface area contributed by atoms with E-state index < -0.39 is 5.41 Å². The first-order valence-corrected chi connectivity index (χ1v) is 8.82. The van der Waals surface area contributed by atoms with Crippen molar-refractivity contribution >= 4 is 45.7 Å². The lowest BCUT2D eigenvalue weighted by atomic mass is 9.94. The fourth-order valence-electron chi connectivity index (χ4n) is 3.32. The lowest BCUT2D eigenvalue weighted by Gasteiger charge is -2.15. The van der Waals surface area contributed by atoms with Gasteiger partial charge in [0.05, 0.1) is 5.41 Å². The van der Waals surface area contributed by atoms with Crippen LogP contribution in [0.5, 0.6) is 0 Å². The molecule has 0 radical (unpaired) electrons. The topological polar surface area (TPSA) is 74.0 Å². The normalized spacial score (nSPS) is 14.8. The number of fused-ring (bicyclic) bond motifs is 1. The van der Waals surface area contributed by atoms with Gasteiger partial charge >= 0.3 is 0 Å². The van der Waals surface area contributed by atoms with Crippen molar-refractivity contribution in [1.29, 1.82) is 0 Å². The molecule has 2 aromatic carbocycles. The van der Waals surface area contributed by atoms with Crippen LogP contribution < -0.4 is 10.6 Å².